The van der Waals surface area contributed by atoms with E-state index < -0.39 is 10.8 Å². The zero-order valence-electron chi connectivity index (χ0n) is 15.4. The SMILES string of the molecule is CSc1ccc([N+](=O)[O-])c(C(=O)N2CCN(C(=O)c3ccc(Cl)cc3Cl)CC2)c1. The van der Waals surface area contributed by atoms with Gasteiger partial charge in [-0.05, 0) is 36.6 Å². The summed E-state index contributed by atoms with van der Waals surface area (Å²) in [6.45, 7) is 1.16. The number of nitro benzene ring substituents is 1. The standard InChI is InChI=1S/C19H17Cl2N3O4S/c1-29-13-3-5-17(24(27)28)15(11-13)19(26)23-8-6-22(7-9-23)18(25)14-4-2-12(20)10-16(14)21/h2-5,10-11H,6-9H2,1H3. The molecule has 152 valence electrons. The average Bonchev–Trinajstić information content (AvgIpc) is 2.72. The van der Waals surface area contributed by atoms with E-state index in [9.17, 15) is 19.7 Å². The molecule has 1 aliphatic rings. The molecule has 0 unspecified atom stereocenters. The van der Waals surface area contributed by atoms with Crippen LogP contribution < -0.4 is 0 Å². The topological polar surface area (TPSA) is 83.8 Å². The van der Waals surface area contributed by atoms with Gasteiger partial charge in [-0.15, -0.1) is 11.8 Å². The minimum absolute atomic E-state index is 0.0578. The molecule has 3 rings (SSSR count). The third-order valence-electron chi connectivity index (χ3n) is 4.65. The lowest BCUT2D eigenvalue weighted by Crippen LogP contribution is -2.50. The molecular weight excluding hydrogens is 437 g/mol. The molecule has 1 aliphatic heterocycles. The number of nitro groups is 1. The summed E-state index contributed by atoms with van der Waals surface area (Å²) in [5, 5.41) is 12.0. The zero-order chi connectivity index (χ0) is 21.1. The molecule has 0 saturated carbocycles. The Balaban J connectivity index is 1.73. The molecule has 0 radical (unpaired) electrons. The molecule has 0 aliphatic carbocycles. The normalized spacial score (nSPS) is 14.0. The van der Waals surface area contributed by atoms with Gasteiger partial charge in [0.15, 0.2) is 0 Å². The highest BCUT2D eigenvalue weighted by Crippen LogP contribution is 2.27. The van der Waals surface area contributed by atoms with Gasteiger partial charge in [0.05, 0.1) is 15.5 Å². The van der Waals surface area contributed by atoms with Gasteiger partial charge in [0.1, 0.15) is 5.56 Å². The van der Waals surface area contributed by atoms with Crippen molar-refractivity contribution in [3.8, 4) is 0 Å². The maximum atomic E-state index is 12.9. The summed E-state index contributed by atoms with van der Waals surface area (Å²) in [5.41, 5.74) is 0.181. The van der Waals surface area contributed by atoms with Crippen LogP contribution in [0.5, 0.6) is 0 Å². The van der Waals surface area contributed by atoms with E-state index in [2.05, 4.69) is 0 Å². The van der Waals surface area contributed by atoms with Gasteiger partial charge in [-0.25, -0.2) is 0 Å². The average molecular weight is 454 g/mol. The number of benzene rings is 2. The van der Waals surface area contributed by atoms with Crippen molar-refractivity contribution < 1.29 is 14.5 Å². The molecule has 0 spiro atoms. The molecule has 29 heavy (non-hydrogen) atoms. The number of thioether (sulfide) groups is 1. The van der Waals surface area contributed by atoms with Gasteiger partial charge >= 0.3 is 0 Å². The second kappa shape index (κ2) is 9.02. The van der Waals surface area contributed by atoms with E-state index in [1.54, 1.807) is 23.1 Å². The Morgan fingerprint density at radius 1 is 0.966 bits per heavy atom. The van der Waals surface area contributed by atoms with Gasteiger partial charge in [-0.1, -0.05) is 23.2 Å². The van der Waals surface area contributed by atoms with Gasteiger partial charge in [-0.2, -0.15) is 0 Å². The first-order chi connectivity index (χ1) is 13.8. The quantitative estimate of drug-likeness (QED) is 0.393. The molecule has 1 fully saturated rings. The molecule has 2 amide bonds. The van der Waals surface area contributed by atoms with Crippen LogP contribution in [0.3, 0.4) is 0 Å². The highest BCUT2D eigenvalue weighted by molar-refractivity contribution is 7.98. The van der Waals surface area contributed by atoms with Crippen LogP contribution in [-0.2, 0) is 0 Å². The minimum Gasteiger partial charge on any atom is -0.335 e. The van der Waals surface area contributed by atoms with Crippen LogP contribution in [-0.4, -0.2) is 59.0 Å². The van der Waals surface area contributed by atoms with E-state index in [-0.39, 0.29) is 35.3 Å². The van der Waals surface area contributed by atoms with E-state index in [0.717, 1.165) is 4.90 Å². The highest BCUT2D eigenvalue weighted by atomic mass is 35.5. The summed E-state index contributed by atoms with van der Waals surface area (Å²) in [7, 11) is 0. The van der Waals surface area contributed by atoms with Crippen molar-refractivity contribution in [1.29, 1.82) is 0 Å². The Morgan fingerprint density at radius 3 is 2.07 bits per heavy atom. The Bertz CT molecular complexity index is 978. The van der Waals surface area contributed by atoms with Gasteiger partial charge in [0.2, 0.25) is 0 Å². The molecule has 0 atom stereocenters. The molecular formula is C19H17Cl2N3O4S. The predicted octanol–water partition coefficient (Wildman–Crippen LogP) is 4.22. The van der Waals surface area contributed by atoms with Gasteiger partial charge < -0.3 is 9.80 Å². The van der Waals surface area contributed by atoms with Crippen molar-refractivity contribution in [1.82, 2.24) is 9.80 Å². The van der Waals surface area contributed by atoms with Crippen molar-refractivity contribution in [2.24, 2.45) is 0 Å². The predicted molar refractivity (Wildman–Crippen MR) is 113 cm³/mol. The summed E-state index contributed by atoms with van der Waals surface area (Å²) in [5.74, 6) is -0.654. The highest BCUT2D eigenvalue weighted by Gasteiger charge is 2.30. The molecule has 1 heterocycles. The van der Waals surface area contributed by atoms with E-state index in [4.69, 9.17) is 23.2 Å². The molecule has 0 bridgehead atoms. The largest absolute Gasteiger partial charge is 0.335 e. The van der Waals surface area contributed by atoms with Crippen molar-refractivity contribution in [2.75, 3.05) is 32.4 Å². The fourth-order valence-corrected chi connectivity index (χ4v) is 4.02. The molecule has 2 aromatic carbocycles. The van der Waals surface area contributed by atoms with Crippen LogP contribution in [0.2, 0.25) is 10.0 Å². The minimum atomic E-state index is -0.556. The lowest BCUT2D eigenvalue weighted by molar-refractivity contribution is -0.385. The first-order valence-electron chi connectivity index (χ1n) is 8.68. The summed E-state index contributed by atoms with van der Waals surface area (Å²) < 4.78 is 0. The Morgan fingerprint density at radius 2 is 1.55 bits per heavy atom. The number of carbonyl (C=O) groups excluding carboxylic acids is 2. The van der Waals surface area contributed by atoms with Crippen molar-refractivity contribution in [2.45, 2.75) is 4.90 Å². The lowest BCUT2D eigenvalue weighted by atomic mass is 10.1. The fourth-order valence-electron chi connectivity index (χ4n) is 3.09. The number of hydrogen-bond acceptors (Lipinski definition) is 5. The maximum Gasteiger partial charge on any atom is 0.282 e. The summed E-state index contributed by atoms with van der Waals surface area (Å²) >= 11 is 13.4. The number of amides is 2. The molecule has 10 heteroatoms. The number of piperazine rings is 1. The van der Waals surface area contributed by atoms with E-state index in [1.165, 1.54) is 34.9 Å². The molecule has 0 N–H and O–H groups in total. The van der Waals surface area contributed by atoms with E-state index >= 15 is 0 Å². The summed E-state index contributed by atoms with van der Waals surface area (Å²) in [6.07, 6.45) is 1.84. The molecule has 0 aromatic heterocycles. The number of rotatable bonds is 4. The van der Waals surface area contributed by atoms with Crippen molar-refractivity contribution in [3.05, 3.63) is 67.7 Å². The third kappa shape index (κ3) is 4.66. The van der Waals surface area contributed by atoms with Crippen molar-refractivity contribution >= 4 is 52.5 Å². The smallest absolute Gasteiger partial charge is 0.282 e. The van der Waals surface area contributed by atoms with Crippen LogP contribution in [0, 0.1) is 10.1 Å². The Kier molecular flexibility index (Phi) is 6.66. The van der Waals surface area contributed by atoms with Gasteiger partial charge in [0.25, 0.3) is 17.5 Å². The van der Waals surface area contributed by atoms with Gasteiger partial charge in [0, 0.05) is 42.2 Å². The molecule has 7 nitrogen and oxygen atoms in total. The van der Waals surface area contributed by atoms with Gasteiger partial charge in [-0.3, -0.25) is 19.7 Å². The number of carbonyl (C=O) groups is 2. The van der Waals surface area contributed by atoms with Crippen LogP contribution in [0.15, 0.2) is 41.3 Å². The number of halogens is 2. The number of hydrogen-bond donors (Lipinski definition) is 0. The Hall–Kier alpha value is -2.29. The molecule has 2 aromatic rings. The Labute approximate surface area is 181 Å². The first kappa shape index (κ1) is 21.4. The summed E-state index contributed by atoms with van der Waals surface area (Å²) in [4.78, 5) is 40.3. The zero-order valence-corrected chi connectivity index (χ0v) is 17.8. The van der Waals surface area contributed by atoms with Crippen LogP contribution in [0.1, 0.15) is 20.7 Å². The fraction of sp³-hybridized carbons (Fsp3) is 0.263. The van der Waals surface area contributed by atoms with Crippen LogP contribution >= 0.6 is 35.0 Å². The van der Waals surface area contributed by atoms with Crippen molar-refractivity contribution in [3.63, 3.8) is 0 Å². The van der Waals surface area contributed by atoms with Crippen LogP contribution in [0.25, 0.3) is 0 Å². The van der Waals surface area contributed by atoms with E-state index in [0.29, 0.717) is 23.7 Å². The second-order valence-corrected chi connectivity index (χ2v) is 8.07. The lowest BCUT2D eigenvalue weighted by Gasteiger charge is -2.35. The van der Waals surface area contributed by atoms with Crippen LogP contribution in [0.4, 0.5) is 5.69 Å². The third-order valence-corrected chi connectivity index (χ3v) is 5.92. The summed E-state index contributed by atoms with van der Waals surface area (Å²) in [6, 6.07) is 9.18. The second-order valence-electron chi connectivity index (χ2n) is 6.35. The maximum absolute atomic E-state index is 12.9. The van der Waals surface area contributed by atoms with E-state index in [1.807, 2.05) is 6.26 Å². The molecule has 1 saturated heterocycles. The number of nitrogens with zero attached hydrogens (tertiary/aromatic N) is 3. The monoisotopic (exact) mass is 453 g/mol. The first-order valence-corrected chi connectivity index (χ1v) is 10.7.